The lowest BCUT2D eigenvalue weighted by atomic mass is 9.87. The Kier molecular flexibility index (Phi) is 8.63. The van der Waals surface area contributed by atoms with Crippen LogP contribution in [-0.2, 0) is 10.2 Å². The Labute approximate surface area is 210 Å². The van der Waals surface area contributed by atoms with Crippen molar-refractivity contribution >= 4 is 51.9 Å². The fourth-order valence-corrected chi connectivity index (χ4v) is 4.62. The molecular formula is C26H28ClNO3S2. The molecular weight excluding hydrogens is 474 g/mol. The van der Waals surface area contributed by atoms with E-state index in [9.17, 15) is 4.79 Å². The number of halogens is 1. The minimum Gasteiger partial charge on any atom is -0.493 e. The van der Waals surface area contributed by atoms with E-state index in [2.05, 4.69) is 39.5 Å². The summed E-state index contributed by atoms with van der Waals surface area (Å²) in [5.74, 6) is 1.36. The highest BCUT2D eigenvalue weighted by molar-refractivity contribution is 8.26. The molecule has 0 aliphatic carbocycles. The Morgan fingerprint density at radius 2 is 1.82 bits per heavy atom. The topological polar surface area (TPSA) is 38.8 Å². The van der Waals surface area contributed by atoms with E-state index in [4.69, 9.17) is 33.3 Å². The summed E-state index contributed by atoms with van der Waals surface area (Å²) in [5, 5.41) is 0.567. The molecule has 3 rings (SSSR count). The Morgan fingerprint density at radius 3 is 2.48 bits per heavy atom. The van der Waals surface area contributed by atoms with Gasteiger partial charge in [-0.2, -0.15) is 0 Å². The second-order valence-electron chi connectivity index (χ2n) is 8.59. The molecule has 1 aliphatic rings. The van der Waals surface area contributed by atoms with Crippen molar-refractivity contribution in [1.82, 2.24) is 4.90 Å². The van der Waals surface area contributed by atoms with Gasteiger partial charge in [-0.05, 0) is 47.4 Å². The number of rotatable bonds is 9. The van der Waals surface area contributed by atoms with Gasteiger partial charge in [-0.1, -0.05) is 74.6 Å². The molecule has 0 saturated carbocycles. The van der Waals surface area contributed by atoms with E-state index in [1.54, 1.807) is 24.3 Å². The summed E-state index contributed by atoms with van der Waals surface area (Å²) in [6.45, 7) is 11.6. The number of ether oxygens (including phenoxy) is 2. The first-order chi connectivity index (χ1) is 15.7. The minimum absolute atomic E-state index is 0.119. The second-order valence-corrected chi connectivity index (χ2v) is 10.7. The largest absolute Gasteiger partial charge is 0.493 e. The van der Waals surface area contributed by atoms with Crippen molar-refractivity contribution in [2.24, 2.45) is 0 Å². The molecule has 0 bridgehead atoms. The molecule has 1 aliphatic heterocycles. The lowest BCUT2D eigenvalue weighted by Crippen LogP contribution is -2.27. The first kappa shape index (κ1) is 25.3. The number of hydrogen-bond acceptors (Lipinski definition) is 5. The van der Waals surface area contributed by atoms with Crippen molar-refractivity contribution in [2.45, 2.75) is 32.6 Å². The van der Waals surface area contributed by atoms with Crippen molar-refractivity contribution in [2.75, 3.05) is 19.8 Å². The first-order valence-electron chi connectivity index (χ1n) is 10.7. The van der Waals surface area contributed by atoms with Gasteiger partial charge in [-0.3, -0.25) is 9.69 Å². The van der Waals surface area contributed by atoms with Crippen LogP contribution in [0.4, 0.5) is 0 Å². The van der Waals surface area contributed by atoms with Crippen LogP contribution in [0.15, 0.2) is 60.0 Å². The van der Waals surface area contributed by atoms with Crippen molar-refractivity contribution in [3.05, 3.63) is 76.2 Å². The molecule has 0 atom stereocenters. The van der Waals surface area contributed by atoms with Crippen LogP contribution in [-0.4, -0.2) is 34.9 Å². The highest BCUT2D eigenvalue weighted by atomic mass is 35.5. The molecule has 2 aromatic carbocycles. The van der Waals surface area contributed by atoms with Gasteiger partial charge in [-0.25, -0.2) is 0 Å². The van der Waals surface area contributed by atoms with Crippen LogP contribution in [0.25, 0.3) is 6.08 Å². The zero-order valence-electron chi connectivity index (χ0n) is 19.1. The SMILES string of the molecule is C=CCN1C(=O)/C(=C/c2cc(Cl)ccc2OCCCOc2ccc(C(C)(C)C)cc2)SC1=S. The number of hydrogen-bond donors (Lipinski definition) is 0. The van der Waals surface area contributed by atoms with Crippen LogP contribution in [0, 0.1) is 0 Å². The van der Waals surface area contributed by atoms with E-state index < -0.39 is 0 Å². The Bertz CT molecular complexity index is 1060. The summed E-state index contributed by atoms with van der Waals surface area (Å²) in [4.78, 5) is 14.7. The van der Waals surface area contributed by atoms with E-state index in [1.165, 1.54) is 22.2 Å². The van der Waals surface area contributed by atoms with Crippen LogP contribution in [0.2, 0.25) is 5.02 Å². The monoisotopic (exact) mass is 501 g/mol. The van der Waals surface area contributed by atoms with Crippen molar-refractivity contribution in [3.63, 3.8) is 0 Å². The molecule has 1 amide bonds. The highest BCUT2D eigenvalue weighted by Crippen LogP contribution is 2.35. The zero-order chi connectivity index (χ0) is 24.0. The van der Waals surface area contributed by atoms with Gasteiger partial charge in [0.05, 0.1) is 18.1 Å². The van der Waals surface area contributed by atoms with Gasteiger partial charge >= 0.3 is 0 Å². The van der Waals surface area contributed by atoms with Gasteiger partial charge in [-0.15, -0.1) is 6.58 Å². The summed E-state index contributed by atoms with van der Waals surface area (Å²) in [5.41, 5.74) is 2.13. The maximum atomic E-state index is 12.6. The van der Waals surface area contributed by atoms with E-state index in [0.717, 1.165) is 11.3 Å². The number of amides is 1. The summed E-state index contributed by atoms with van der Waals surface area (Å²) in [6, 6.07) is 13.6. The number of nitrogens with zero attached hydrogens (tertiary/aromatic N) is 1. The predicted octanol–water partition coefficient (Wildman–Crippen LogP) is 6.87. The third kappa shape index (κ3) is 6.85. The maximum Gasteiger partial charge on any atom is 0.266 e. The molecule has 0 aromatic heterocycles. The van der Waals surface area contributed by atoms with Crippen molar-refractivity contribution in [1.29, 1.82) is 0 Å². The average molecular weight is 502 g/mol. The number of carbonyl (C=O) groups excluding carboxylic acids is 1. The van der Waals surface area contributed by atoms with E-state index in [-0.39, 0.29) is 11.3 Å². The average Bonchev–Trinajstić information content (AvgIpc) is 3.02. The highest BCUT2D eigenvalue weighted by Gasteiger charge is 2.31. The Hall–Kier alpha value is -2.28. The van der Waals surface area contributed by atoms with E-state index >= 15 is 0 Å². The van der Waals surface area contributed by atoms with E-state index in [0.29, 0.717) is 46.2 Å². The quantitative estimate of drug-likeness (QED) is 0.162. The van der Waals surface area contributed by atoms with Crippen LogP contribution >= 0.6 is 35.6 Å². The number of carbonyl (C=O) groups is 1. The zero-order valence-corrected chi connectivity index (χ0v) is 21.5. The smallest absolute Gasteiger partial charge is 0.266 e. The molecule has 7 heteroatoms. The lowest BCUT2D eigenvalue weighted by molar-refractivity contribution is -0.121. The Morgan fingerprint density at radius 1 is 1.12 bits per heavy atom. The van der Waals surface area contributed by atoms with Gasteiger partial charge in [0, 0.05) is 23.6 Å². The molecule has 1 heterocycles. The number of thiocarbonyl (C=S) groups is 1. The fourth-order valence-electron chi connectivity index (χ4n) is 3.17. The normalized spacial score (nSPS) is 15.3. The summed E-state index contributed by atoms with van der Waals surface area (Å²) >= 11 is 12.8. The Balaban J connectivity index is 1.57. The van der Waals surface area contributed by atoms with Crippen molar-refractivity contribution < 1.29 is 14.3 Å². The molecule has 0 N–H and O–H groups in total. The molecule has 174 valence electrons. The lowest BCUT2D eigenvalue weighted by Gasteiger charge is -2.19. The third-order valence-corrected chi connectivity index (χ3v) is 6.59. The molecule has 1 saturated heterocycles. The summed E-state index contributed by atoms with van der Waals surface area (Å²) in [6.07, 6.45) is 4.14. The minimum atomic E-state index is -0.137. The molecule has 0 unspecified atom stereocenters. The molecule has 0 radical (unpaired) electrons. The fraction of sp³-hybridized carbons (Fsp3) is 0.308. The number of thioether (sulfide) groups is 1. The van der Waals surface area contributed by atoms with E-state index in [1.807, 2.05) is 18.2 Å². The van der Waals surface area contributed by atoms with Crippen LogP contribution in [0.5, 0.6) is 11.5 Å². The van der Waals surface area contributed by atoms with Crippen LogP contribution in [0.1, 0.15) is 38.3 Å². The summed E-state index contributed by atoms with van der Waals surface area (Å²) in [7, 11) is 0. The molecule has 0 spiro atoms. The molecule has 1 fully saturated rings. The third-order valence-electron chi connectivity index (χ3n) is 4.98. The summed E-state index contributed by atoms with van der Waals surface area (Å²) < 4.78 is 12.3. The van der Waals surface area contributed by atoms with Gasteiger partial charge in [0.15, 0.2) is 0 Å². The molecule has 4 nitrogen and oxygen atoms in total. The van der Waals surface area contributed by atoms with Gasteiger partial charge in [0.25, 0.3) is 5.91 Å². The van der Waals surface area contributed by atoms with Gasteiger partial charge in [0.1, 0.15) is 15.8 Å². The van der Waals surface area contributed by atoms with Crippen LogP contribution in [0.3, 0.4) is 0 Å². The molecule has 33 heavy (non-hydrogen) atoms. The van der Waals surface area contributed by atoms with Gasteiger partial charge in [0.2, 0.25) is 0 Å². The predicted molar refractivity (Wildman–Crippen MR) is 142 cm³/mol. The van der Waals surface area contributed by atoms with Crippen molar-refractivity contribution in [3.8, 4) is 11.5 Å². The van der Waals surface area contributed by atoms with Gasteiger partial charge < -0.3 is 9.47 Å². The standard InChI is InChI=1S/C26H28ClNO3S2/c1-5-13-28-24(29)23(33-25(28)32)17-18-16-20(27)9-12-22(18)31-15-6-14-30-21-10-7-19(8-11-21)26(2,3)4/h5,7-12,16-17H,1,6,13-15H2,2-4H3/b23-17-. The van der Waals surface area contributed by atoms with Crippen LogP contribution < -0.4 is 9.47 Å². The first-order valence-corrected chi connectivity index (χ1v) is 12.3. The molecule has 2 aromatic rings. The second kappa shape index (κ2) is 11.2. The maximum absolute atomic E-state index is 12.6. The number of benzene rings is 2.